The molecule has 1 atom stereocenters. The highest BCUT2D eigenvalue weighted by Gasteiger charge is 2.26. The van der Waals surface area contributed by atoms with Gasteiger partial charge in [-0.1, -0.05) is 6.07 Å². The standard InChI is InChI=1S/C24H34N4O4/c1-30-20-10-9-18(22(31-2)23(20)32-3)16-27-11-7-8-17(15-27)19-14-21(29)26-24(25-19)28-12-5-4-6-13-28/h9-10,14,17H,4-8,11-13,15-16H2,1-3H3,(H,25,26,29)/t17-/m1/s1. The van der Waals surface area contributed by atoms with Gasteiger partial charge in [0.15, 0.2) is 11.5 Å². The normalized spacial score (nSPS) is 19.6. The van der Waals surface area contributed by atoms with E-state index < -0.39 is 0 Å². The Kier molecular flexibility index (Phi) is 7.19. The number of hydrogen-bond acceptors (Lipinski definition) is 7. The third kappa shape index (κ3) is 4.85. The number of aromatic amines is 1. The van der Waals surface area contributed by atoms with E-state index in [-0.39, 0.29) is 11.5 Å². The van der Waals surface area contributed by atoms with Crippen molar-refractivity contribution >= 4 is 5.95 Å². The smallest absolute Gasteiger partial charge is 0.252 e. The van der Waals surface area contributed by atoms with Crippen molar-refractivity contribution in [3.8, 4) is 17.2 Å². The lowest BCUT2D eigenvalue weighted by Crippen LogP contribution is -2.36. The number of hydrogen-bond donors (Lipinski definition) is 1. The summed E-state index contributed by atoms with van der Waals surface area (Å²) in [6, 6.07) is 5.63. The van der Waals surface area contributed by atoms with Crippen molar-refractivity contribution in [3.63, 3.8) is 0 Å². The summed E-state index contributed by atoms with van der Waals surface area (Å²) in [6.07, 6.45) is 5.65. The van der Waals surface area contributed by atoms with Crippen molar-refractivity contribution in [1.29, 1.82) is 0 Å². The predicted octanol–water partition coefficient (Wildman–Crippen LogP) is 3.17. The maximum Gasteiger partial charge on any atom is 0.252 e. The molecule has 1 aromatic carbocycles. The number of benzene rings is 1. The summed E-state index contributed by atoms with van der Waals surface area (Å²) in [5.41, 5.74) is 1.89. The second-order valence-electron chi connectivity index (χ2n) is 8.61. The number of likely N-dealkylation sites (tertiary alicyclic amines) is 1. The Balaban J connectivity index is 1.52. The Morgan fingerprint density at radius 2 is 1.78 bits per heavy atom. The van der Waals surface area contributed by atoms with E-state index in [9.17, 15) is 4.79 Å². The molecule has 0 unspecified atom stereocenters. The summed E-state index contributed by atoms with van der Waals surface area (Å²) in [5.74, 6) is 2.94. The fourth-order valence-corrected chi connectivity index (χ4v) is 4.90. The highest BCUT2D eigenvalue weighted by molar-refractivity contribution is 5.55. The molecule has 174 valence electrons. The van der Waals surface area contributed by atoms with E-state index in [4.69, 9.17) is 19.2 Å². The molecule has 1 aromatic heterocycles. The van der Waals surface area contributed by atoms with Crippen LogP contribution in [0.5, 0.6) is 17.2 Å². The van der Waals surface area contributed by atoms with E-state index in [2.05, 4.69) is 14.8 Å². The van der Waals surface area contributed by atoms with Gasteiger partial charge in [0.05, 0.1) is 27.0 Å². The van der Waals surface area contributed by atoms with Gasteiger partial charge in [0, 0.05) is 43.7 Å². The quantitative estimate of drug-likeness (QED) is 0.705. The Bertz CT molecular complexity index is 971. The first kappa shape index (κ1) is 22.5. The fourth-order valence-electron chi connectivity index (χ4n) is 4.90. The molecule has 32 heavy (non-hydrogen) atoms. The largest absolute Gasteiger partial charge is 0.493 e. The van der Waals surface area contributed by atoms with Crippen molar-refractivity contribution < 1.29 is 14.2 Å². The molecule has 2 aliphatic heterocycles. The van der Waals surface area contributed by atoms with Crippen LogP contribution in [0.25, 0.3) is 0 Å². The molecule has 8 heteroatoms. The summed E-state index contributed by atoms with van der Waals surface area (Å²) in [5, 5.41) is 0. The van der Waals surface area contributed by atoms with Gasteiger partial charge in [0.1, 0.15) is 0 Å². The van der Waals surface area contributed by atoms with Crippen LogP contribution in [0.15, 0.2) is 23.0 Å². The molecule has 1 N–H and O–H groups in total. The van der Waals surface area contributed by atoms with Gasteiger partial charge >= 0.3 is 0 Å². The zero-order chi connectivity index (χ0) is 22.5. The summed E-state index contributed by atoms with van der Waals surface area (Å²) < 4.78 is 16.6. The van der Waals surface area contributed by atoms with Crippen LogP contribution in [0.3, 0.4) is 0 Å². The number of nitrogens with zero attached hydrogens (tertiary/aromatic N) is 3. The molecular weight excluding hydrogens is 408 g/mol. The second kappa shape index (κ2) is 10.3. The molecule has 2 aliphatic rings. The van der Waals surface area contributed by atoms with E-state index in [1.54, 1.807) is 27.4 Å². The molecule has 2 aromatic rings. The molecule has 8 nitrogen and oxygen atoms in total. The highest BCUT2D eigenvalue weighted by atomic mass is 16.5. The number of H-pyrrole nitrogens is 1. The van der Waals surface area contributed by atoms with E-state index in [0.29, 0.717) is 17.2 Å². The molecule has 0 saturated carbocycles. The van der Waals surface area contributed by atoms with Crippen LogP contribution >= 0.6 is 0 Å². The number of piperidine rings is 2. The van der Waals surface area contributed by atoms with Gasteiger partial charge in [-0.05, 0) is 44.7 Å². The summed E-state index contributed by atoms with van der Waals surface area (Å²) in [6.45, 7) is 4.51. The number of nitrogens with one attached hydrogen (secondary N) is 1. The van der Waals surface area contributed by atoms with Crippen molar-refractivity contribution in [1.82, 2.24) is 14.9 Å². The third-order valence-electron chi connectivity index (χ3n) is 6.51. The lowest BCUT2D eigenvalue weighted by molar-refractivity contribution is 0.195. The first-order valence-corrected chi connectivity index (χ1v) is 11.5. The number of anilines is 1. The SMILES string of the molecule is COc1ccc(CN2CCC[C@@H](c3cc(=O)[nH]c(N4CCCCC4)n3)C2)c(OC)c1OC. The Morgan fingerprint density at radius 3 is 2.50 bits per heavy atom. The van der Waals surface area contributed by atoms with Gasteiger partial charge in [0.25, 0.3) is 5.56 Å². The Hall–Kier alpha value is -2.74. The molecule has 4 rings (SSSR count). The van der Waals surface area contributed by atoms with E-state index in [1.807, 2.05) is 12.1 Å². The Labute approximate surface area is 189 Å². The summed E-state index contributed by atoms with van der Waals surface area (Å²) >= 11 is 0. The van der Waals surface area contributed by atoms with Gasteiger partial charge in [-0.25, -0.2) is 4.98 Å². The second-order valence-corrected chi connectivity index (χ2v) is 8.61. The number of ether oxygens (including phenoxy) is 3. The molecule has 2 fully saturated rings. The van der Waals surface area contributed by atoms with Crippen molar-refractivity contribution in [2.24, 2.45) is 0 Å². The third-order valence-corrected chi connectivity index (χ3v) is 6.51. The average molecular weight is 443 g/mol. The first-order valence-electron chi connectivity index (χ1n) is 11.5. The van der Waals surface area contributed by atoms with Gasteiger partial charge in [0.2, 0.25) is 11.7 Å². The van der Waals surface area contributed by atoms with Crippen LogP contribution < -0.4 is 24.7 Å². The summed E-state index contributed by atoms with van der Waals surface area (Å²) in [7, 11) is 4.90. The molecule has 2 saturated heterocycles. The highest BCUT2D eigenvalue weighted by Crippen LogP contribution is 2.40. The van der Waals surface area contributed by atoms with E-state index >= 15 is 0 Å². The zero-order valence-electron chi connectivity index (χ0n) is 19.4. The van der Waals surface area contributed by atoms with Gasteiger partial charge in [-0.2, -0.15) is 0 Å². The van der Waals surface area contributed by atoms with Crippen LogP contribution in [0.1, 0.15) is 49.3 Å². The zero-order valence-corrected chi connectivity index (χ0v) is 19.4. The van der Waals surface area contributed by atoms with Crippen molar-refractivity contribution in [2.75, 3.05) is 52.4 Å². The van der Waals surface area contributed by atoms with Gasteiger partial charge in [-0.15, -0.1) is 0 Å². The van der Waals surface area contributed by atoms with Gasteiger partial charge < -0.3 is 19.1 Å². The van der Waals surface area contributed by atoms with Crippen LogP contribution in [0.4, 0.5) is 5.95 Å². The fraction of sp³-hybridized carbons (Fsp3) is 0.583. The van der Waals surface area contributed by atoms with E-state index in [1.165, 1.54) is 6.42 Å². The molecule has 3 heterocycles. The average Bonchev–Trinajstić information content (AvgIpc) is 2.84. The molecular formula is C24H34N4O4. The minimum absolute atomic E-state index is 0.0609. The van der Waals surface area contributed by atoms with Crippen LogP contribution in [0.2, 0.25) is 0 Å². The van der Waals surface area contributed by atoms with Crippen molar-refractivity contribution in [3.05, 3.63) is 39.8 Å². The van der Waals surface area contributed by atoms with Crippen LogP contribution in [-0.4, -0.2) is 62.4 Å². The predicted molar refractivity (Wildman–Crippen MR) is 124 cm³/mol. The molecule has 0 bridgehead atoms. The molecule has 0 spiro atoms. The number of aromatic nitrogens is 2. The van der Waals surface area contributed by atoms with Crippen LogP contribution in [-0.2, 0) is 6.54 Å². The minimum Gasteiger partial charge on any atom is -0.493 e. The topological polar surface area (TPSA) is 79.9 Å². The Morgan fingerprint density at radius 1 is 1.00 bits per heavy atom. The summed E-state index contributed by atoms with van der Waals surface area (Å²) in [4.78, 5) is 24.9. The molecule has 0 aliphatic carbocycles. The first-order chi connectivity index (χ1) is 15.6. The lowest BCUT2D eigenvalue weighted by atomic mass is 9.94. The maximum absolute atomic E-state index is 12.4. The maximum atomic E-state index is 12.4. The minimum atomic E-state index is -0.0609. The van der Waals surface area contributed by atoms with Crippen molar-refractivity contribution in [2.45, 2.75) is 44.6 Å². The lowest BCUT2D eigenvalue weighted by Gasteiger charge is -2.33. The van der Waals surface area contributed by atoms with E-state index in [0.717, 1.165) is 75.6 Å². The van der Waals surface area contributed by atoms with Gasteiger partial charge in [-0.3, -0.25) is 14.7 Å². The molecule has 0 radical (unpaired) electrons. The number of rotatable bonds is 7. The molecule has 0 amide bonds. The van der Waals surface area contributed by atoms with Crippen LogP contribution in [0, 0.1) is 0 Å². The number of methoxy groups -OCH3 is 3. The monoisotopic (exact) mass is 442 g/mol.